The van der Waals surface area contributed by atoms with Crippen LogP contribution in [-0.2, 0) is 28.6 Å². The first-order valence-corrected chi connectivity index (χ1v) is 31.4. The van der Waals surface area contributed by atoms with Crippen molar-refractivity contribution in [3.63, 3.8) is 0 Å². The Hall–Kier alpha value is -3.93. The topological polar surface area (TPSA) is 78.9 Å². The number of esters is 3. The van der Waals surface area contributed by atoms with Crippen LogP contribution in [0.3, 0.4) is 0 Å². The van der Waals surface area contributed by atoms with Crippen LogP contribution in [0.4, 0.5) is 0 Å². The summed E-state index contributed by atoms with van der Waals surface area (Å²) >= 11 is 0. The van der Waals surface area contributed by atoms with Crippen LogP contribution in [0.15, 0.2) is 109 Å². The minimum Gasteiger partial charge on any atom is -0.462 e. The number of carbonyl (C=O) groups excluding carboxylic acids is 3. The largest absolute Gasteiger partial charge is 0.462 e. The first-order valence-electron chi connectivity index (χ1n) is 31.4. The Labute approximate surface area is 463 Å². The minimum absolute atomic E-state index is 0.0973. The lowest BCUT2D eigenvalue weighted by Gasteiger charge is -2.18. The van der Waals surface area contributed by atoms with Crippen LogP contribution >= 0.6 is 0 Å². The van der Waals surface area contributed by atoms with Gasteiger partial charge in [0.05, 0.1) is 0 Å². The molecule has 0 aromatic rings. The maximum atomic E-state index is 12.9. The Morgan fingerprint density at radius 2 is 0.520 bits per heavy atom. The molecule has 0 aromatic carbocycles. The molecular formula is C69H116O6. The van der Waals surface area contributed by atoms with Crippen molar-refractivity contribution in [2.45, 2.75) is 297 Å². The molecular weight excluding hydrogens is 925 g/mol. The second kappa shape index (κ2) is 62.6. The van der Waals surface area contributed by atoms with Gasteiger partial charge in [0.15, 0.2) is 6.10 Å². The molecule has 0 amide bonds. The molecule has 0 heterocycles. The highest BCUT2D eigenvalue weighted by atomic mass is 16.6. The van der Waals surface area contributed by atoms with Gasteiger partial charge in [-0.15, -0.1) is 0 Å². The van der Waals surface area contributed by atoms with Crippen molar-refractivity contribution in [2.24, 2.45) is 0 Å². The van der Waals surface area contributed by atoms with Gasteiger partial charge in [-0.2, -0.15) is 0 Å². The highest BCUT2D eigenvalue weighted by Crippen LogP contribution is 2.15. The Morgan fingerprint density at radius 1 is 0.280 bits per heavy atom. The fourth-order valence-electron chi connectivity index (χ4n) is 8.53. The van der Waals surface area contributed by atoms with E-state index in [-0.39, 0.29) is 31.1 Å². The zero-order valence-corrected chi connectivity index (χ0v) is 49.0. The van der Waals surface area contributed by atoms with Crippen molar-refractivity contribution in [1.29, 1.82) is 0 Å². The fraction of sp³-hybridized carbons (Fsp3) is 0.696. The maximum absolute atomic E-state index is 12.9. The molecule has 0 aliphatic rings. The van der Waals surface area contributed by atoms with E-state index in [0.717, 1.165) is 122 Å². The number of hydrogen-bond donors (Lipinski definition) is 0. The van der Waals surface area contributed by atoms with Gasteiger partial charge in [0, 0.05) is 19.3 Å². The molecule has 0 rings (SSSR count). The van der Waals surface area contributed by atoms with Crippen molar-refractivity contribution in [1.82, 2.24) is 0 Å². The lowest BCUT2D eigenvalue weighted by molar-refractivity contribution is -0.167. The third-order valence-corrected chi connectivity index (χ3v) is 13.2. The molecule has 0 aliphatic carbocycles. The average molecular weight is 1040 g/mol. The second-order valence-corrected chi connectivity index (χ2v) is 20.6. The Balaban J connectivity index is 4.48. The normalized spacial score (nSPS) is 12.8. The summed E-state index contributed by atoms with van der Waals surface area (Å²) in [6, 6.07) is 0. The van der Waals surface area contributed by atoms with Crippen LogP contribution in [0.25, 0.3) is 0 Å². The summed E-state index contributed by atoms with van der Waals surface area (Å²) in [7, 11) is 0. The number of rotatable bonds is 56. The number of unbranched alkanes of at least 4 members (excludes halogenated alkanes) is 27. The van der Waals surface area contributed by atoms with E-state index >= 15 is 0 Å². The van der Waals surface area contributed by atoms with E-state index < -0.39 is 6.10 Å². The van der Waals surface area contributed by atoms with Gasteiger partial charge in [-0.3, -0.25) is 14.4 Å². The van der Waals surface area contributed by atoms with E-state index in [0.29, 0.717) is 19.3 Å². The zero-order valence-electron chi connectivity index (χ0n) is 49.0. The number of carbonyl (C=O) groups is 3. The van der Waals surface area contributed by atoms with Crippen LogP contribution in [0.2, 0.25) is 0 Å². The standard InChI is InChI=1S/C69H116O6/c1-4-7-10-13-16-19-22-25-28-31-34-37-40-43-46-49-52-55-58-61-67(70)73-64-66(75-69(72)63-60-57-54-51-48-45-42-39-36-33-30-27-24-21-18-15-12-9-6-3)65-74-68(71)62-59-56-53-50-47-44-41-38-35-32-29-26-23-20-17-14-11-8-5-2/h7,10,16,18-19,21,25,27-28,30,32,34-37,39,43,46,66H,4-6,8-9,11-15,17,20,22-24,26,29,31,33,38,40-42,44-45,47-65H2,1-3H3/b10-7-,19-16-,21-18-,28-25-,30-27-,35-32-,37-34-,39-36-,46-43-/t66-/m0/s1. The molecule has 75 heavy (non-hydrogen) atoms. The summed E-state index contributed by atoms with van der Waals surface area (Å²) in [5.74, 6) is -0.941. The third-order valence-electron chi connectivity index (χ3n) is 13.2. The smallest absolute Gasteiger partial charge is 0.306 e. The minimum atomic E-state index is -0.804. The van der Waals surface area contributed by atoms with Gasteiger partial charge in [0.25, 0.3) is 0 Å². The summed E-state index contributed by atoms with van der Waals surface area (Å²) in [5.41, 5.74) is 0. The molecule has 0 saturated carbocycles. The second-order valence-electron chi connectivity index (χ2n) is 20.6. The summed E-state index contributed by atoms with van der Waals surface area (Å²) in [5, 5.41) is 0. The predicted octanol–water partition coefficient (Wildman–Crippen LogP) is 21.4. The van der Waals surface area contributed by atoms with E-state index in [9.17, 15) is 14.4 Å². The van der Waals surface area contributed by atoms with E-state index in [1.165, 1.54) is 128 Å². The van der Waals surface area contributed by atoms with Gasteiger partial charge in [-0.05, 0) is 128 Å². The zero-order chi connectivity index (χ0) is 54.3. The maximum Gasteiger partial charge on any atom is 0.306 e. The van der Waals surface area contributed by atoms with Crippen LogP contribution in [0, 0.1) is 0 Å². The molecule has 0 radical (unpaired) electrons. The molecule has 0 aliphatic heterocycles. The van der Waals surface area contributed by atoms with Gasteiger partial charge in [-0.25, -0.2) is 0 Å². The first-order chi connectivity index (χ1) is 37.0. The van der Waals surface area contributed by atoms with E-state index in [4.69, 9.17) is 14.2 Å². The third kappa shape index (κ3) is 60.8. The highest BCUT2D eigenvalue weighted by molar-refractivity contribution is 5.71. The molecule has 0 unspecified atom stereocenters. The summed E-state index contributed by atoms with van der Waals surface area (Å²) in [6.07, 6.45) is 85.1. The van der Waals surface area contributed by atoms with Crippen LogP contribution in [0.1, 0.15) is 290 Å². The van der Waals surface area contributed by atoms with Crippen molar-refractivity contribution in [3.8, 4) is 0 Å². The first kappa shape index (κ1) is 71.1. The Morgan fingerprint density at radius 3 is 0.867 bits per heavy atom. The summed E-state index contributed by atoms with van der Waals surface area (Å²) in [6.45, 7) is 6.47. The Kier molecular flexibility index (Phi) is 59.3. The SMILES string of the molecule is CC/C=C\C/C=C\C/C=C\C/C=C\C/C=C\CCCCCC(=O)OC[C@@H](COC(=O)CCCCCCCCC/C=C\CCCCCCCCCC)OC(=O)CCCCCCCC/C=C\C/C=C\C/C=C\CCCCC. The Bertz CT molecular complexity index is 1520. The molecule has 0 fully saturated rings. The number of hydrogen-bond acceptors (Lipinski definition) is 6. The van der Waals surface area contributed by atoms with Crippen LogP contribution in [0.5, 0.6) is 0 Å². The van der Waals surface area contributed by atoms with Crippen molar-refractivity contribution in [2.75, 3.05) is 13.2 Å². The summed E-state index contributed by atoms with van der Waals surface area (Å²) in [4.78, 5) is 38.3. The number of allylic oxidation sites excluding steroid dienone is 18. The quantitative estimate of drug-likeness (QED) is 0.0261. The fourth-order valence-corrected chi connectivity index (χ4v) is 8.53. The van der Waals surface area contributed by atoms with E-state index in [1.807, 2.05) is 0 Å². The molecule has 0 spiro atoms. The van der Waals surface area contributed by atoms with Gasteiger partial charge in [-0.1, -0.05) is 252 Å². The lowest BCUT2D eigenvalue weighted by atomic mass is 10.1. The molecule has 0 N–H and O–H groups in total. The van der Waals surface area contributed by atoms with E-state index in [1.54, 1.807) is 0 Å². The van der Waals surface area contributed by atoms with Gasteiger partial charge in [0.2, 0.25) is 0 Å². The van der Waals surface area contributed by atoms with Crippen LogP contribution < -0.4 is 0 Å². The summed E-state index contributed by atoms with van der Waals surface area (Å²) < 4.78 is 16.9. The average Bonchev–Trinajstić information content (AvgIpc) is 3.41. The van der Waals surface area contributed by atoms with E-state index in [2.05, 4.69) is 130 Å². The van der Waals surface area contributed by atoms with Crippen molar-refractivity contribution >= 4 is 17.9 Å². The van der Waals surface area contributed by atoms with Gasteiger partial charge >= 0.3 is 17.9 Å². The molecule has 6 nitrogen and oxygen atoms in total. The highest BCUT2D eigenvalue weighted by Gasteiger charge is 2.19. The molecule has 0 saturated heterocycles. The van der Waals surface area contributed by atoms with Gasteiger partial charge < -0.3 is 14.2 Å². The van der Waals surface area contributed by atoms with Crippen molar-refractivity contribution < 1.29 is 28.6 Å². The monoisotopic (exact) mass is 1040 g/mol. The predicted molar refractivity (Wildman–Crippen MR) is 325 cm³/mol. The molecule has 0 aromatic heterocycles. The molecule has 0 bridgehead atoms. The van der Waals surface area contributed by atoms with Crippen molar-refractivity contribution in [3.05, 3.63) is 109 Å². The molecule has 6 heteroatoms. The van der Waals surface area contributed by atoms with Gasteiger partial charge in [0.1, 0.15) is 13.2 Å². The lowest BCUT2D eigenvalue weighted by Crippen LogP contribution is -2.30. The number of ether oxygens (including phenoxy) is 3. The molecule has 428 valence electrons. The van der Waals surface area contributed by atoms with Crippen LogP contribution in [-0.4, -0.2) is 37.2 Å². The molecule has 1 atom stereocenters.